The molecule has 2 aliphatic rings. The molecule has 0 radical (unpaired) electrons. The van der Waals surface area contributed by atoms with Gasteiger partial charge in [-0.05, 0) is 12.1 Å². The van der Waals surface area contributed by atoms with Crippen LogP contribution in [0, 0.1) is 0 Å². The predicted molar refractivity (Wildman–Crippen MR) is 79.7 cm³/mol. The van der Waals surface area contributed by atoms with Gasteiger partial charge in [0.15, 0.2) is 11.6 Å². The first-order chi connectivity index (χ1) is 10.5. The van der Waals surface area contributed by atoms with Gasteiger partial charge in [0, 0.05) is 22.9 Å². The molecule has 2 aromatic carbocycles. The Labute approximate surface area is 126 Å². The third-order valence-corrected chi connectivity index (χ3v) is 5.28. The highest BCUT2D eigenvalue weighted by atomic mass is 32.2. The van der Waals surface area contributed by atoms with E-state index in [0.29, 0.717) is 11.1 Å². The second-order valence-electron chi connectivity index (χ2n) is 5.06. The van der Waals surface area contributed by atoms with Crippen molar-refractivity contribution in [3.63, 3.8) is 0 Å². The van der Waals surface area contributed by atoms with Gasteiger partial charge in [-0.15, -0.1) is 0 Å². The van der Waals surface area contributed by atoms with E-state index in [4.69, 9.17) is 0 Å². The zero-order valence-electron chi connectivity index (χ0n) is 11.2. The molecule has 1 N–H and O–H groups in total. The van der Waals surface area contributed by atoms with Crippen molar-refractivity contribution in [1.29, 1.82) is 0 Å². The Morgan fingerprint density at radius 2 is 1.50 bits per heavy atom. The molecule has 1 aliphatic carbocycles. The van der Waals surface area contributed by atoms with Gasteiger partial charge in [0.1, 0.15) is 0 Å². The van der Waals surface area contributed by atoms with Crippen LogP contribution < -0.4 is 5.32 Å². The van der Waals surface area contributed by atoms with Gasteiger partial charge < -0.3 is 5.32 Å². The van der Waals surface area contributed by atoms with Gasteiger partial charge in [0.05, 0.1) is 21.6 Å². The van der Waals surface area contributed by atoms with Crippen molar-refractivity contribution in [1.82, 2.24) is 0 Å². The monoisotopic (exact) mass is 311 g/mol. The largest absolute Gasteiger partial charge is 0.359 e. The molecule has 0 atom stereocenters. The van der Waals surface area contributed by atoms with Gasteiger partial charge in [-0.1, -0.05) is 24.3 Å². The highest BCUT2D eigenvalue weighted by molar-refractivity contribution is 7.94. The number of benzene rings is 2. The fourth-order valence-corrected chi connectivity index (χ4v) is 3.93. The Kier molecular flexibility index (Phi) is 2.44. The minimum Gasteiger partial charge on any atom is -0.359 e. The average molecular weight is 311 g/mol. The van der Waals surface area contributed by atoms with Crippen molar-refractivity contribution in [3.05, 3.63) is 70.3 Å². The zero-order chi connectivity index (χ0) is 15.5. The van der Waals surface area contributed by atoms with Crippen LogP contribution in [0.25, 0.3) is 0 Å². The van der Waals surface area contributed by atoms with Crippen molar-refractivity contribution in [2.24, 2.45) is 0 Å². The molecule has 22 heavy (non-hydrogen) atoms. The lowest BCUT2D eigenvalue weighted by molar-refractivity contribution is 0.0979. The molecule has 0 spiro atoms. The third-order valence-electron chi connectivity index (χ3n) is 3.84. The van der Waals surface area contributed by atoms with E-state index >= 15 is 0 Å². The van der Waals surface area contributed by atoms with Crippen molar-refractivity contribution in [3.8, 4) is 0 Å². The van der Waals surface area contributed by atoms with E-state index in [1.54, 1.807) is 24.3 Å². The average Bonchev–Trinajstić information content (AvgIpc) is 2.51. The SMILES string of the molecule is O=C1c2ccccc2C(=O)c2c1ccc1c2NC=CS1(=O)=O. The van der Waals surface area contributed by atoms with E-state index in [1.807, 2.05) is 0 Å². The summed E-state index contributed by atoms with van der Waals surface area (Å²) in [6.45, 7) is 0. The van der Waals surface area contributed by atoms with Crippen molar-refractivity contribution in [2.45, 2.75) is 4.90 Å². The normalized spacial score (nSPS) is 17.3. The molecule has 1 aliphatic heterocycles. The molecule has 0 saturated heterocycles. The molecular formula is C16H9NO4S. The molecule has 0 amide bonds. The molecule has 6 heteroatoms. The number of nitrogens with one attached hydrogen (secondary N) is 1. The van der Waals surface area contributed by atoms with E-state index < -0.39 is 9.84 Å². The van der Waals surface area contributed by atoms with Crippen LogP contribution in [-0.2, 0) is 9.84 Å². The van der Waals surface area contributed by atoms with Crippen molar-refractivity contribution >= 4 is 27.1 Å². The third kappa shape index (κ3) is 1.55. The van der Waals surface area contributed by atoms with E-state index in [2.05, 4.69) is 5.32 Å². The second-order valence-corrected chi connectivity index (χ2v) is 6.86. The van der Waals surface area contributed by atoms with E-state index in [-0.39, 0.29) is 33.3 Å². The van der Waals surface area contributed by atoms with Crippen LogP contribution in [-0.4, -0.2) is 20.0 Å². The smallest absolute Gasteiger partial charge is 0.203 e. The summed E-state index contributed by atoms with van der Waals surface area (Å²) in [7, 11) is -3.60. The Morgan fingerprint density at radius 3 is 2.23 bits per heavy atom. The lowest BCUT2D eigenvalue weighted by Gasteiger charge is -2.23. The lowest BCUT2D eigenvalue weighted by Crippen LogP contribution is -2.24. The first-order valence-corrected chi connectivity index (χ1v) is 8.09. The minimum absolute atomic E-state index is 0.00859. The molecule has 4 rings (SSSR count). The number of anilines is 1. The molecular weight excluding hydrogens is 302 g/mol. The molecule has 108 valence electrons. The quantitative estimate of drug-likeness (QED) is 0.688. The number of carbonyl (C=O) groups is 2. The Balaban J connectivity index is 2.08. The van der Waals surface area contributed by atoms with E-state index in [1.165, 1.54) is 18.3 Å². The van der Waals surface area contributed by atoms with Crippen molar-refractivity contribution < 1.29 is 18.0 Å². The summed E-state index contributed by atoms with van der Waals surface area (Å²) in [6.07, 6.45) is 1.26. The second kappa shape index (κ2) is 4.14. The number of carbonyl (C=O) groups excluding carboxylic acids is 2. The van der Waals surface area contributed by atoms with E-state index in [9.17, 15) is 18.0 Å². The van der Waals surface area contributed by atoms with Gasteiger partial charge in [-0.3, -0.25) is 9.59 Å². The van der Waals surface area contributed by atoms with Gasteiger partial charge in [0.25, 0.3) is 0 Å². The van der Waals surface area contributed by atoms with Crippen LogP contribution in [0.5, 0.6) is 0 Å². The summed E-state index contributed by atoms with van der Waals surface area (Å²) in [5.74, 6) is -0.623. The number of ketones is 2. The summed E-state index contributed by atoms with van der Waals surface area (Å²) in [6, 6.07) is 9.31. The predicted octanol–water partition coefficient (Wildman–Crippen LogP) is 2.13. The molecule has 0 saturated carbocycles. The standard InChI is InChI=1S/C16H9NO4S/c18-15-9-3-1-2-4-10(9)16(19)13-11(15)5-6-12-14(13)17-7-8-22(12,20)21/h1-8,17H. The fraction of sp³-hybridized carbons (Fsp3) is 0. The molecule has 2 aromatic rings. The molecule has 0 aromatic heterocycles. The Morgan fingerprint density at radius 1 is 0.818 bits per heavy atom. The van der Waals surface area contributed by atoms with E-state index in [0.717, 1.165) is 5.41 Å². The zero-order valence-corrected chi connectivity index (χ0v) is 12.0. The van der Waals surface area contributed by atoms with Gasteiger partial charge in [0.2, 0.25) is 9.84 Å². The summed E-state index contributed by atoms with van der Waals surface area (Å²) >= 11 is 0. The highest BCUT2D eigenvalue weighted by Gasteiger charge is 2.35. The molecule has 1 heterocycles. The van der Waals surface area contributed by atoms with Crippen LogP contribution >= 0.6 is 0 Å². The Hall–Kier alpha value is -2.73. The van der Waals surface area contributed by atoms with Gasteiger partial charge in [-0.25, -0.2) is 8.42 Å². The number of rotatable bonds is 0. The summed E-state index contributed by atoms with van der Waals surface area (Å²) < 4.78 is 24.1. The summed E-state index contributed by atoms with van der Waals surface area (Å²) in [5, 5.41) is 3.83. The van der Waals surface area contributed by atoms with Crippen LogP contribution in [0.2, 0.25) is 0 Å². The highest BCUT2D eigenvalue weighted by Crippen LogP contribution is 2.37. The number of sulfone groups is 1. The first kappa shape index (κ1) is 13.0. The maximum atomic E-state index is 12.7. The fourth-order valence-electron chi connectivity index (χ4n) is 2.83. The van der Waals surface area contributed by atoms with Crippen molar-refractivity contribution in [2.75, 3.05) is 5.32 Å². The van der Waals surface area contributed by atoms with Crippen LogP contribution in [0.15, 0.2) is 52.9 Å². The minimum atomic E-state index is -3.60. The summed E-state index contributed by atoms with van der Waals surface area (Å²) in [4.78, 5) is 25.3. The van der Waals surface area contributed by atoms with Crippen LogP contribution in [0.1, 0.15) is 31.8 Å². The maximum absolute atomic E-state index is 12.7. The first-order valence-electron chi connectivity index (χ1n) is 6.54. The van der Waals surface area contributed by atoms with Gasteiger partial charge >= 0.3 is 0 Å². The topological polar surface area (TPSA) is 80.3 Å². The Bertz CT molecular complexity index is 1000. The van der Waals surface area contributed by atoms with Crippen LogP contribution in [0.3, 0.4) is 0 Å². The maximum Gasteiger partial charge on any atom is 0.203 e. The molecule has 0 fully saturated rings. The van der Waals surface area contributed by atoms with Gasteiger partial charge in [-0.2, -0.15) is 0 Å². The molecule has 0 bridgehead atoms. The van der Waals surface area contributed by atoms with Crippen LogP contribution in [0.4, 0.5) is 5.69 Å². The number of hydrogen-bond donors (Lipinski definition) is 1. The summed E-state index contributed by atoms with van der Waals surface area (Å²) in [5.41, 5.74) is 1.15. The lowest BCUT2D eigenvalue weighted by atomic mass is 9.83. The number of hydrogen-bond acceptors (Lipinski definition) is 5. The number of fused-ring (bicyclic) bond motifs is 4. The molecule has 5 nitrogen and oxygen atoms in total. The molecule has 0 unspecified atom stereocenters.